The number of furan rings is 1. The van der Waals surface area contributed by atoms with Crippen LogP contribution in [0, 0.1) is 6.92 Å². The zero-order chi connectivity index (χ0) is 18.7. The molecule has 4 heteroatoms. The van der Waals surface area contributed by atoms with E-state index in [4.69, 9.17) is 9.15 Å². The number of benzene rings is 2. The van der Waals surface area contributed by atoms with Gasteiger partial charge in [0.05, 0.1) is 39.9 Å². The van der Waals surface area contributed by atoms with E-state index in [1.807, 2.05) is 55.5 Å². The molecule has 0 amide bonds. The molecule has 0 unspecified atom stereocenters. The number of ether oxygens (including phenoxy) is 1. The van der Waals surface area contributed by atoms with Crippen molar-refractivity contribution in [1.82, 2.24) is 0 Å². The number of hydrogen-bond donors (Lipinski definition) is 0. The molecule has 0 saturated heterocycles. The summed E-state index contributed by atoms with van der Waals surface area (Å²) in [5.74, 6) is 1.41. The highest BCUT2D eigenvalue weighted by Crippen LogP contribution is 2.28. The number of fused-ring (bicyclic) bond motifs is 1. The maximum atomic E-state index is 12.9. The van der Waals surface area contributed by atoms with Crippen LogP contribution in [0.5, 0.6) is 5.75 Å². The number of quaternary nitrogens is 1. The van der Waals surface area contributed by atoms with Crippen LogP contribution in [-0.2, 0) is 0 Å². The zero-order valence-corrected chi connectivity index (χ0v) is 15.9. The Balaban J connectivity index is 1.70. The molecule has 0 saturated carbocycles. The molecule has 26 heavy (non-hydrogen) atoms. The van der Waals surface area contributed by atoms with Gasteiger partial charge in [0.2, 0.25) is 0 Å². The van der Waals surface area contributed by atoms with Crippen LogP contribution in [0.1, 0.15) is 28.1 Å². The first-order valence-corrected chi connectivity index (χ1v) is 8.91. The minimum absolute atomic E-state index is 0.0240. The fraction of sp³-hybridized carbons (Fsp3) is 0.318. The predicted molar refractivity (Wildman–Crippen MR) is 104 cm³/mol. The molecule has 0 aliphatic rings. The van der Waals surface area contributed by atoms with E-state index in [9.17, 15) is 4.79 Å². The highest BCUT2D eigenvalue weighted by atomic mass is 16.5. The average Bonchev–Trinajstić information content (AvgIpc) is 2.93. The number of carbonyl (C=O) groups excluding carboxylic acids is 1. The van der Waals surface area contributed by atoms with Crippen molar-refractivity contribution in [1.29, 1.82) is 0 Å². The fourth-order valence-electron chi connectivity index (χ4n) is 3.03. The molecule has 0 atom stereocenters. The number of nitrogens with zero attached hydrogens (tertiary/aromatic N) is 1. The summed E-state index contributed by atoms with van der Waals surface area (Å²) in [5.41, 5.74) is 2.01. The van der Waals surface area contributed by atoms with Crippen molar-refractivity contribution < 1.29 is 18.4 Å². The lowest BCUT2D eigenvalue weighted by Crippen LogP contribution is -2.35. The average molecular weight is 352 g/mol. The highest BCUT2D eigenvalue weighted by Gasteiger charge is 2.19. The Hall–Kier alpha value is -2.59. The van der Waals surface area contributed by atoms with Crippen LogP contribution in [0.3, 0.4) is 0 Å². The Kier molecular flexibility index (Phi) is 5.14. The summed E-state index contributed by atoms with van der Waals surface area (Å²) in [6.07, 6.45) is 0.990. The maximum Gasteiger partial charge on any atom is 0.197 e. The Morgan fingerprint density at radius 1 is 1.04 bits per heavy atom. The van der Waals surface area contributed by atoms with Gasteiger partial charge < -0.3 is 13.6 Å². The Morgan fingerprint density at radius 2 is 1.73 bits per heavy atom. The molecule has 0 radical (unpaired) electrons. The third-order valence-electron chi connectivity index (χ3n) is 4.36. The molecule has 3 aromatic rings. The van der Waals surface area contributed by atoms with Gasteiger partial charge in [-0.05, 0) is 37.3 Å². The molecule has 0 fully saturated rings. The fourth-order valence-corrected chi connectivity index (χ4v) is 3.03. The summed E-state index contributed by atoms with van der Waals surface area (Å²) in [7, 11) is 6.51. The van der Waals surface area contributed by atoms with Crippen molar-refractivity contribution in [2.45, 2.75) is 13.3 Å². The van der Waals surface area contributed by atoms with Crippen LogP contribution in [0.4, 0.5) is 0 Å². The van der Waals surface area contributed by atoms with Crippen LogP contribution in [-0.4, -0.2) is 44.6 Å². The molecule has 0 aliphatic heterocycles. The molecule has 0 N–H and O–H groups in total. The van der Waals surface area contributed by atoms with E-state index in [0.29, 0.717) is 23.5 Å². The first-order chi connectivity index (χ1) is 12.3. The quantitative estimate of drug-likeness (QED) is 0.358. The van der Waals surface area contributed by atoms with Crippen LogP contribution < -0.4 is 4.74 Å². The summed E-state index contributed by atoms with van der Waals surface area (Å²) >= 11 is 0. The van der Waals surface area contributed by atoms with Gasteiger partial charge in [-0.25, -0.2) is 0 Å². The van der Waals surface area contributed by atoms with E-state index in [-0.39, 0.29) is 5.78 Å². The number of rotatable bonds is 7. The van der Waals surface area contributed by atoms with E-state index >= 15 is 0 Å². The summed E-state index contributed by atoms with van der Waals surface area (Å²) in [6.45, 7) is 3.57. The number of hydrogen-bond acceptors (Lipinski definition) is 3. The molecule has 136 valence electrons. The monoisotopic (exact) mass is 352 g/mol. The largest absolute Gasteiger partial charge is 0.493 e. The standard InChI is InChI=1S/C22H26NO3/c1-16-21(19-8-5-6-9-20(19)26-16)22(24)17-10-12-18(13-11-17)25-15-7-14-23(2,3)4/h5-6,8-13H,7,14-15H2,1-4H3/q+1. The zero-order valence-electron chi connectivity index (χ0n) is 15.9. The van der Waals surface area contributed by atoms with E-state index in [1.54, 1.807) is 0 Å². The van der Waals surface area contributed by atoms with Crippen molar-refractivity contribution >= 4 is 16.8 Å². The topological polar surface area (TPSA) is 39.4 Å². The van der Waals surface area contributed by atoms with E-state index in [2.05, 4.69) is 21.1 Å². The lowest BCUT2D eigenvalue weighted by molar-refractivity contribution is -0.870. The van der Waals surface area contributed by atoms with E-state index < -0.39 is 0 Å². The number of carbonyl (C=O) groups is 1. The van der Waals surface area contributed by atoms with Gasteiger partial charge in [-0.3, -0.25) is 4.79 Å². The van der Waals surface area contributed by atoms with Gasteiger partial charge in [-0.15, -0.1) is 0 Å². The summed E-state index contributed by atoms with van der Waals surface area (Å²) in [4.78, 5) is 12.9. The Morgan fingerprint density at radius 3 is 2.42 bits per heavy atom. The summed E-state index contributed by atoms with van der Waals surface area (Å²) in [6, 6.07) is 15.0. The second-order valence-corrected chi connectivity index (χ2v) is 7.60. The third-order valence-corrected chi connectivity index (χ3v) is 4.36. The molecule has 0 aliphatic carbocycles. The minimum atomic E-state index is -0.0240. The van der Waals surface area contributed by atoms with Gasteiger partial charge >= 0.3 is 0 Å². The minimum Gasteiger partial charge on any atom is -0.493 e. The van der Waals surface area contributed by atoms with Crippen molar-refractivity contribution in [3.63, 3.8) is 0 Å². The summed E-state index contributed by atoms with van der Waals surface area (Å²) < 4.78 is 12.4. The molecular weight excluding hydrogens is 326 g/mol. The number of aryl methyl sites for hydroxylation is 1. The van der Waals surface area contributed by atoms with Gasteiger partial charge in [0.1, 0.15) is 17.1 Å². The van der Waals surface area contributed by atoms with Crippen molar-refractivity contribution in [2.75, 3.05) is 34.3 Å². The third kappa shape index (κ3) is 4.14. The molecule has 3 rings (SSSR count). The number of para-hydroxylation sites is 1. The van der Waals surface area contributed by atoms with Crippen LogP contribution in [0.25, 0.3) is 11.0 Å². The van der Waals surface area contributed by atoms with Gasteiger partial charge in [-0.1, -0.05) is 18.2 Å². The van der Waals surface area contributed by atoms with Gasteiger partial charge in [0.25, 0.3) is 0 Å². The van der Waals surface area contributed by atoms with Crippen LogP contribution in [0.2, 0.25) is 0 Å². The Labute approximate surface area is 154 Å². The molecule has 0 spiro atoms. The first kappa shape index (κ1) is 18.2. The molecule has 0 bridgehead atoms. The van der Waals surface area contributed by atoms with Gasteiger partial charge in [0, 0.05) is 17.4 Å². The SMILES string of the molecule is Cc1oc2ccccc2c1C(=O)c1ccc(OCCC[N+](C)(C)C)cc1. The molecule has 2 aromatic carbocycles. The second kappa shape index (κ2) is 7.34. The van der Waals surface area contributed by atoms with Crippen LogP contribution >= 0.6 is 0 Å². The Bertz CT molecular complexity index is 901. The van der Waals surface area contributed by atoms with E-state index in [1.165, 1.54) is 0 Å². The van der Waals surface area contributed by atoms with Gasteiger partial charge in [-0.2, -0.15) is 0 Å². The highest BCUT2D eigenvalue weighted by molar-refractivity contribution is 6.16. The first-order valence-electron chi connectivity index (χ1n) is 8.91. The maximum absolute atomic E-state index is 12.9. The van der Waals surface area contributed by atoms with Crippen molar-refractivity contribution in [3.05, 3.63) is 65.4 Å². The predicted octanol–water partition coefficient (Wildman–Crippen LogP) is 4.45. The molecule has 1 heterocycles. The normalized spacial score (nSPS) is 11.7. The smallest absolute Gasteiger partial charge is 0.197 e. The second-order valence-electron chi connectivity index (χ2n) is 7.60. The molecule has 1 aromatic heterocycles. The summed E-state index contributed by atoms with van der Waals surface area (Å²) in [5, 5.41) is 0.857. The van der Waals surface area contributed by atoms with Crippen molar-refractivity contribution in [3.8, 4) is 5.75 Å². The van der Waals surface area contributed by atoms with E-state index in [0.717, 1.165) is 34.2 Å². The lowest BCUT2D eigenvalue weighted by atomic mass is 10.0. The van der Waals surface area contributed by atoms with Crippen molar-refractivity contribution in [2.24, 2.45) is 0 Å². The molecule has 4 nitrogen and oxygen atoms in total. The lowest BCUT2D eigenvalue weighted by Gasteiger charge is -2.23. The van der Waals surface area contributed by atoms with Crippen LogP contribution in [0.15, 0.2) is 52.9 Å². The van der Waals surface area contributed by atoms with Gasteiger partial charge in [0.15, 0.2) is 5.78 Å². The molecular formula is C22H26NO3+. The number of ketones is 1.